The van der Waals surface area contributed by atoms with Crippen LogP contribution in [0.4, 0.5) is 0 Å². The zero-order valence-electron chi connectivity index (χ0n) is 14.9. The number of carbonyl (C=O) groups excluding carboxylic acids is 1. The standard InChI is InChI=1S/C18H30N6O/c19-9-15-10-24(22-21-15)11-16-8-13-6-7-23(16)12-17(13)18(25)20-14-4-2-1-3-5-14/h10,13-14,16-17H,1-9,11-12,19H2,(H,20,25)/t13-,16+,17-/m0/s1. The number of aromatic nitrogens is 3. The molecule has 25 heavy (non-hydrogen) atoms. The summed E-state index contributed by atoms with van der Waals surface area (Å²) in [7, 11) is 0. The Morgan fingerprint density at radius 2 is 2.12 bits per heavy atom. The Labute approximate surface area is 149 Å². The van der Waals surface area contributed by atoms with E-state index in [1.807, 2.05) is 10.9 Å². The predicted octanol–water partition coefficient (Wildman–Crippen LogP) is 0.896. The van der Waals surface area contributed by atoms with Crippen molar-refractivity contribution in [3.63, 3.8) is 0 Å². The third kappa shape index (κ3) is 3.72. The molecule has 3 N–H and O–H groups in total. The van der Waals surface area contributed by atoms with E-state index in [9.17, 15) is 4.79 Å². The number of fused-ring (bicyclic) bond motifs is 3. The van der Waals surface area contributed by atoms with Crippen LogP contribution < -0.4 is 11.1 Å². The van der Waals surface area contributed by atoms with Crippen molar-refractivity contribution in [1.82, 2.24) is 25.2 Å². The molecule has 4 aliphatic rings. The molecule has 4 heterocycles. The smallest absolute Gasteiger partial charge is 0.224 e. The van der Waals surface area contributed by atoms with Crippen LogP contribution in [0.1, 0.15) is 50.6 Å². The van der Waals surface area contributed by atoms with Crippen LogP contribution in [0.25, 0.3) is 0 Å². The van der Waals surface area contributed by atoms with Gasteiger partial charge in [-0.25, -0.2) is 0 Å². The largest absolute Gasteiger partial charge is 0.353 e. The average Bonchev–Trinajstić information content (AvgIpc) is 3.10. The van der Waals surface area contributed by atoms with Gasteiger partial charge < -0.3 is 11.1 Å². The van der Waals surface area contributed by atoms with Gasteiger partial charge in [0.25, 0.3) is 0 Å². The highest BCUT2D eigenvalue weighted by Crippen LogP contribution is 2.37. The molecule has 138 valence electrons. The highest BCUT2D eigenvalue weighted by Gasteiger charge is 2.43. The third-order valence-electron chi connectivity index (χ3n) is 6.36. The normalized spacial score (nSPS) is 32.7. The van der Waals surface area contributed by atoms with E-state index < -0.39 is 0 Å². The van der Waals surface area contributed by atoms with Gasteiger partial charge in [0, 0.05) is 31.4 Å². The van der Waals surface area contributed by atoms with Gasteiger partial charge in [-0.3, -0.25) is 14.4 Å². The Morgan fingerprint density at radius 3 is 2.80 bits per heavy atom. The molecule has 5 rings (SSSR count). The number of amides is 1. The van der Waals surface area contributed by atoms with Crippen molar-refractivity contribution in [2.45, 2.75) is 70.1 Å². The molecule has 3 aliphatic heterocycles. The molecular formula is C18H30N6O. The van der Waals surface area contributed by atoms with Crippen molar-refractivity contribution in [1.29, 1.82) is 0 Å². The second kappa shape index (κ2) is 7.41. The molecular weight excluding hydrogens is 316 g/mol. The van der Waals surface area contributed by atoms with Gasteiger partial charge in [0.05, 0.1) is 18.2 Å². The van der Waals surface area contributed by atoms with Gasteiger partial charge in [-0.1, -0.05) is 24.5 Å². The first-order valence-corrected chi connectivity index (χ1v) is 9.86. The van der Waals surface area contributed by atoms with Crippen molar-refractivity contribution in [2.24, 2.45) is 17.6 Å². The molecule has 1 amide bonds. The summed E-state index contributed by atoms with van der Waals surface area (Å²) in [6, 6.07) is 0.877. The van der Waals surface area contributed by atoms with Crippen LogP contribution in [0.2, 0.25) is 0 Å². The van der Waals surface area contributed by atoms with Crippen molar-refractivity contribution in [2.75, 3.05) is 13.1 Å². The van der Waals surface area contributed by atoms with Crippen LogP contribution in [0.15, 0.2) is 6.20 Å². The molecule has 1 aromatic heterocycles. The van der Waals surface area contributed by atoms with Crippen molar-refractivity contribution in [3.05, 3.63) is 11.9 Å². The SMILES string of the molecule is NCc1cn(C[C@H]2C[C@@H]3CCN2C[C@@H]3C(=O)NC2CCCCC2)nn1. The van der Waals surface area contributed by atoms with Crippen LogP contribution in [0, 0.1) is 11.8 Å². The number of rotatable bonds is 5. The molecule has 1 aliphatic carbocycles. The Morgan fingerprint density at radius 1 is 1.28 bits per heavy atom. The highest BCUT2D eigenvalue weighted by molar-refractivity contribution is 5.79. The quantitative estimate of drug-likeness (QED) is 0.827. The van der Waals surface area contributed by atoms with E-state index in [0.717, 1.165) is 51.0 Å². The molecule has 0 spiro atoms. The maximum atomic E-state index is 12.8. The lowest BCUT2D eigenvalue weighted by molar-refractivity contribution is -0.134. The van der Waals surface area contributed by atoms with E-state index in [1.54, 1.807) is 0 Å². The number of hydrogen-bond donors (Lipinski definition) is 2. The molecule has 1 saturated carbocycles. The van der Waals surface area contributed by atoms with Crippen molar-refractivity contribution in [3.8, 4) is 0 Å². The maximum absolute atomic E-state index is 12.8. The van der Waals surface area contributed by atoms with E-state index in [1.165, 1.54) is 19.3 Å². The number of nitrogens with one attached hydrogen (secondary N) is 1. The molecule has 0 aromatic carbocycles. The number of hydrogen-bond acceptors (Lipinski definition) is 5. The third-order valence-corrected chi connectivity index (χ3v) is 6.36. The van der Waals surface area contributed by atoms with Crippen molar-refractivity contribution < 1.29 is 4.79 Å². The summed E-state index contributed by atoms with van der Waals surface area (Å²) < 4.78 is 1.91. The topological polar surface area (TPSA) is 89.1 Å². The van der Waals surface area contributed by atoms with Crippen LogP contribution in [-0.2, 0) is 17.9 Å². The molecule has 3 saturated heterocycles. The summed E-state index contributed by atoms with van der Waals surface area (Å²) in [5.41, 5.74) is 6.45. The Balaban J connectivity index is 1.33. The first kappa shape index (κ1) is 17.0. The summed E-state index contributed by atoms with van der Waals surface area (Å²) in [6.07, 6.45) is 10.3. The zero-order chi connectivity index (χ0) is 17.2. The average molecular weight is 346 g/mol. The molecule has 2 bridgehead atoms. The van der Waals surface area contributed by atoms with E-state index in [-0.39, 0.29) is 5.92 Å². The van der Waals surface area contributed by atoms with Crippen LogP contribution in [-0.4, -0.2) is 51.0 Å². The lowest BCUT2D eigenvalue weighted by Crippen LogP contribution is -2.58. The van der Waals surface area contributed by atoms with E-state index in [0.29, 0.717) is 30.5 Å². The number of nitrogens with two attached hydrogens (primary N) is 1. The fraction of sp³-hybridized carbons (Fsp3) is 0.833. The van der Waals surface area contributed by atoms with E-state index in [2.05, 4.69) is 20.5 Å². The van der Waals surface area contributed by atoms with Crippen LogP contribution in [0.5, 0.6) is 0 Å². The van der Waals surface area contributed by atoms with Gasteiger partial charge in [-0.15, -0.1) is 5.10 Å². The summed E-state index contributed by atoms with van der Waals surface area (Å²) >= 11 is 0. The van der Waals surface area contributed by atoms with E-state index in [4.69, 9.17) is 5.73 Å². The van der Waals surface area contributed by atoms with Crippen LogP contribution >= 0.6 is 0 Å². The van der Waals surface area contributed by atoms with Crippen LogP contribution in [0.3, 0.4) is 0 Å². The summed E-state index contributed by atoms with van der Waals surface area (Å²) in [6.45, 7) is 3.27. The molecule has 7 nitrogen and oxygen atoms in total. The number of nitrogens with zero attached hydrogens (tertiary/aromatic N) is 4. The fourth-order valence-corrected chi connectivity index (χ4v) is 4.92. The summed E-state index contributed by atoms with van der Waals surface area (Å²) in [5.74, 6) is 0.976. The zero-order valence-corrected chi connectivity index (χ0v) is 14.9. The van der Waals surface area contributed by atoms with Gasteiger partial charge in [0.2, 0.25) is 5.91 Å². The monoisotopic (exact) mass is 346 g/mol. The second-order valence-electron chi connectivity index (χ2n) is 8.02. The number of carbonyl (C=O) groups is 1. The Kier molecular flexibility index (Phi) is 5.03. The highest BCUT2D eigenvalue weighted by atomic mass is 16.2. The maximum Gasteiger partial charge on any atom is 0.224 e. The molecule has 7 heteroatoms. The van der Waals surface area contributed by atoms with Crippen molar-refractivity contribution >= 4 is 5.91 Å². The minimum absolute atomic E-state index is 0.169. The lowest BCUT2D eigenvalue weighted by atomic mass is 9.75. The van der Waals surface area contributed by atoms with Gasteiger partial charge in [0.15, 0.2) is 0 Å². The van der Waals surface area contributed by atoms with Gasteiger partial charge in [0.1, 0.15) is 0 Å². The molecule has 4 fully saturated rings. The number of piperidine rings is 3. The Bertz CT molecular complexity index is 596. The molecule has 1 unspecified atom stereocenters. The minimum Gasteiger partial charge on any atom is -0.353 e. The Hall–Kier alpha value is -1.47. The first-order valence-electron chi connectivity index (χ1n) is 9.86. The lowest BCUT2D eigenvalue weighted by Gasteiger charge is -2.49. The van der Waals surface area contributed by atoms with Gasteiger partial charge in [-0.05, 0) is 38.1 Å². The predicted molar refractivity (Wildman–Crippen MR) is 94.5 cm³/mol. The summed E-state index contributed by atoms with van der Waals surface area (Å²) in [4.78, 5) is 15.3. The molecule has 4 atom stereocenters. The summed E-state index contributed by atoms with van der Waals surface area (Å²) in [5, 5.41) is 11.6. The van der Waals surface area contributed by atoms with E-state index >= 15 is 0 Å². The minimum atomic E-state index is 0.169. The molecule has 1 aromatic rings. The fourth-order valence-electron chi connectivity index (χ4n) is 4.92. The second-order valence-corrected chi connectivity index (χ2v) is 8.02. The van der Waals surface area contributed by atoms with Gasteiger partial charge in [-0.2, -0.15) is 0 Å². The van der Waals surface area contributed by atoms with Gasteiger partial charge >= 0.3 is 0 Å². The molecule has 0 radical (unpaired) electrons. The first-order chi connectivity index (χ1) is 12.2.